The second-order valence-corrected chi connectivity index (χ2v) is 6.90. The first-order valence-electron chi connectivity index (χ1n) is 7.97. The van der Waals surface area contributed by atoms with Gasteiger partial charge in [0.1, 0.15) is 5.75 Å². The predicted molar refractivity (Wildman–Crippen MR) is 92.3 cm³/mol. The standard InChI is InChI=1S/C16H20N6O2S/c1-11(2)8-15-17-14(19-24-15)10-25-16-18-20-21-22(16)9-12-4-6-13(23-3)7-5-12/h4-7,11H,8-10H2,1-3H3. The second-order valence-electron chi connectivity index (χ2n) is 5.96. The van der Waals surface area contributed by atoms with Crippen molar-refractivity contribution in [3.8, 4) is 5.75 Å². The molecule has 132 valence electrons. The number of aromatic nitrogens is 6. The Kier molecular flexibility index (Phi) is 5.64. The maximum absolute atomic E-state index is 5.25. The van der Waals surface area contributed by atoms with Gasteiger partial charge in [0.15, 0.2) is 5.82 Å². The van der Waals surface area contributed by atoms with Gasteiger partial charge in [-0.2, -0.15) is 4.98 Å². The molecule has 0 aliphatic carbocycles. The van der Waals surface area contributed by atoms with E-state index in [1.54, 1.807) is 11.8 Å². The highest BCUT2D eigenvalue weighted by atomic mass is 32.2. The van der Waals surface area contributed by atoms with Crippen LogP contribution in [0.15, 0.2) is 33.9 Å². The van der Waals surface area contributed by atoms with E-state index in [1.807, 2.05) is 24.3 Å². The summed E-state index contributed by atoms with van der Waals surface area (Å²) in [5.41, 5.74) is 1.09. The van der Waals surface area contributed by atoms with Gasteiger partial charge in [-0.25, -0.2) is 4.68 Å². The van der Waals surface area contributed by atoms with E-state index < -0.39 is 0 Å². The Morgan fingerprint density at radius 1 is 1.24 bits per heavy atom. The molecule has 0 bridgehead atoms. The van der Waals surface area contributed by atoms with Gasteiger partial charge in [0.05, 0.1) is 19.4 Å². The van der Waals surface area contributed by atoms with Crippen LogP contribution in [0.4, 0.5) is 0 Å². The van der Waals surface area contributed by atoms with Crippen LogP contribution >= 0.6 is 11.8 Å². The molecule has 0 N–H and O–H groups in total. The van der Waals surface area contributed by atoms with Gasteiger partial charge in [-0.15, -0.1) is 5.10 Å². The van der Waals surface area contributed by atoms with Crippen molar-refractivity contribution in [2.45, 2.75) is 37.7 Å². The van der Waals surface area contributed by atoms with Crippen LogP contribution in [0.2, 0.25) is 0 Å². The number of methoxy groups -OCH3 is 1. The van der Waals surface area contributed by atoms with Crippen LogP contribution in [-0.4, -0.2) is 37.5 Å². The molecule has 2 aromatic heterocycles. The highest BCUT2D eigenvalue weighted by Crippen LogP contribution is 2.20. The van der Waals surface area contributed by atoms with Gasteiger partial charge < -0.3 is 9.26 Å². The normalized spacial score (nSPS) is 11.2. The minimum atomic E-state index is 0.484. The molecule has 0 saturated heterocycles. The molecule has 0 unspecified atom stereocenters. The highest BCUT2D eigenvalue weighted by molar-refractivity contribution is 7.98. The van der Waals surface area contributed by atoms with Gasteiger partial charge in [0, 0.05) is 6.42 Å². The molecule has 2 heterocycles. The number of benzene rings is 1. The first-order chi connectivity index (χ1) is 12.1. The van der Waals surface area contributed by atoms with E-state index in [9.17, 15) is 0 Å². The fourth-order valence-electron chi connectivity index (χ4n) is 2.21. The first-order valence-corrected chi connectivity index (χ1v) is 8.96. The number of rotatable bonds is 8. The van der Waals surface area contributed by atoms with Crippen LogP contribution in [0.3, 0.4) is 0 Å². The lowest BCUT2D eigenvalue weighted by molar-refractivity contribution is 0.360. The summed E-state index contributed by atoms with van der Waals surface area (Å²) in [5, 5.41) is 16.6. The molecule has 1 aromatic carbocycles. The third kappa shape index (κ3) is 4.79. The Morgan fingerprint density at radius 3 is 2.76 bits per heavy atom. The molecule has 3 aromatic rings. The maximum atomic E-state index is 5.25. The van der Waals surface area contributed by atoms with Crippen molar-refractivity contribution in [1.82, 2.24) is 30.3 Å². The number of hydrogen-bond donors (Lipinski definition) is 0. The number of hydrogen-bond acceptors (Lipinski definition) is 8. The lowest BCUT2D eigenvalue weighted by atomic mass is 10.1. The van der Waals surface area contributed by atoms with Crippen molar-refractivity contribution in [2.24, 2.45) is 5.92 Å². The number of tetrazole rings is 1. The summed E-state index contributed by atoms with van der Waals surface area (Å²) < 4.78 is 12.2. The molecule has 3 rings (SSSR count). The van der Waals surface area contributed by atoms with Crippen LogP contribution < -0.4 is 4.74 Å². The number of thioether (sulfide) groups is 1. The third-order valence-corrected chi connectivity index (χ3v) is 4.37. The van der Waals surface area contributed by atoms with E-state index in [1.165, 1.54) is 11.8 Å². The molecular formula is C16H20N6O2S. The van der Waals surface area contributed by atoms with E-state index in [4.69, 9.17) is 9.26 Å². The summed E-state index contributed by atoms with van der Waals surface area (Å²) in [7, 11) is 1.65. The van der Waals surface area contributed by atoms with Gasteiger partial charge in [0.25, 0.3) is 0 Å². The van der Waals surface area contributed by atoms with Crippen LogP contribution in [0.25, 0.3) is 0 Å². The third-order valence-electron chi connectivity index (χ3n) is 3.41. The van der Waals surface area contributed by atoms with Crippen molar-refractivity contribution in [3.05, 3.63) is 41.5 Å². The quantitative estimate of drug-likeness (QED) is 0.566. The van der Waals surface area contributed by atoms with Gasteiger partial charge in [-0.05, 0) is 34.0 Å². The lowest BCUT2D eigenvalue weighted by Crippen LogP contribution is -2.04. The number of ether oxygens (including phenoxy) is 1. The smallest absolute Gasteiger partial charge is 0.226 e. The molecule has 0 saturated carbocycles. The molecule has 9 heteroatoms. The molecule has 0 radical (unpaired) electrons. The summed E-state index contributed by atoms with van der Waals surface area (Å²) >= 11 is 1.48. The van der Waals surface area contributed by atoms with Gasteiger partial charge in [-0.1, -0.05) is 42.9 Å². The van der Waals surface area contributed by atoms with Gasteiger partial charge >= 0.3 is 0 Å². The Morgan fingerprint density at radius 2 is 2.04 bits per heavy atom. The molecule has 0 amide bonds. The topological polar surface area (TPSA) is 91.8 Å². The van der Waals surface area contributed by atoms with Gasteiger partial charge in [0.2, 0.25) is 11.0 Å². The SMILES string of the molecule is COc1ccc(Cn2nnnc2SCc2noc(CC(C)C)n2)cc1. The zero-order valence-corrected chi connectivity index (χ0v) is 15.2. The fraction of sp³-hybridized carbons (Fsp3) is 0.438. The Balaban J connectivity index is 1.60. The van der Waals surface area contributed by atoms with Crippen LogP contribution in [0, 0.1) is 5.92 Å². The molecule has 0 spiro atoms. The summed E-state index contributed by atoms with van der Waals surface area (Å²) in [6, 6.07) is 7.82. The summed E-state index contributed by atoms with van der Waals surface area (Å²) in [6.45, 7) is 4.82. The van der Waals surface area contributed by atoms with Crippen molar-refractivity contribution < 1.29 is 9.26 Å². The largest absolute Gasteiger partial charge is 0.497 e. The Labute approximate surface area is 150 Å². The molecule has 8 nitrogen and oxygen atoms in total. The maximum Gasteiger partial charge on any atom is 0.226 e. The van der Waals surface area contributed by atoms with E-state index in [0.717, 1.165) is 17.7 Å². The number of nitrogens with zero attached hydrogens (tertiary/aromatic N) is 6. The van der Waals surface area contributed by atoms with Crippen molar-refractivity contribution in [2.75, 3.05) is 7.11 Å². The Hall–Kier alpha value is -2.42. The van der Waals surface area contributed by atoms with Crippen molar-refractivity contribution in [1.29, 1.82) is 0 Å². The van der Waals surface area contributed by atoms with Crippen LogP contribution in [0.1, 0.15) is 31.1 Å². The minimum Gasteiger partial charge on any atom is -0.497 e. The van der Waals surface area contributed by atoms with E-state index in [2.05, 4.69) is 39.5 Å². The highest BCUT2D eigenvalue weighted by Gasteiger charge is 2.12. The minimum absolute atomic E-state index is 0.484. The summed E-state index contributed by atoms with van der Waals surface area (Å²) in [5.74, 6) is 3.19. The first kappa shape index (κ1) is 17.4. The van der Waals surface area contributed by atoms with E-state index in [-0.39, 0.29) is 0 Å². The monoisotopic (exact) mass is 360 g/mol. The van der Waals surface area contributed by atoms with E-state index >= 15 is 0 Å². The average molecular weight is 360 g/mol. The molecule has 0 fully saturated rings. The Bertz CT molecular complexity index is 799. The predicted octanol–water partition coefficient (Wildman–Crippen LogP) is 2.60. The second kappa shape index (κ2) is 8.11. The summed E-state index contributed by atoms with van der Waals surface area (Å²) in [4.78, 5) is 4.39. The van der Waals surface area contributed by atoms with E-state index in [0.29, 0.717) is 35.1 Å². The molecule has 0 aliphatic rings. The molecule has 0 aliphatic heterocycles. The van der Waals surface area contributed by atoms with Crippen LogP contribution in [-0.2, 0) is 18.7 Å². The fourth-order valence-corrected chi connectivity index (χ4v) is 2.93. The molecule has 0 atom stereocenters. The zero-order valence-electron chi connectivity index (χ0n) is 14.4. The van der Waals surface area contributed by atoms with Crippen molar-refractivity contribution in [3.63, 3.8) is 0 Å². The zero-order chi connectivity index (χ0) is 17.6. The van der Waals surface area contributed by atoms with Crippen molar-refractivity contribution >= 4 is 11.8 Å². The average Bonchev–Trinajstić information content (AvgIpc) is 3.22. The lowest BCUT2D eigenvalue weighted by Gasteiger charge is -2.05. The summed E-state index contributed by atoms with van der Waals surface area (Å²) in [6.07, 6.45) is 0.785. The van der Waals surface area contributed by atoms with Gasteiger partial charge in [-0.3, -0.25) is 0 Å². The molecular weight excluding hydrogens is 340 g/mol. The van der Waals surface area contributed by atoms with Crippen LogP contribution in [0.5, 0.6) is 5.75 Å². The molecule has 25 heavy (non-hydrogen) atoms.